The molecule has 27 heavy (non-hydrogen) atoms. The second-order valence-corrected chi connectivity index (χ2v) is 5.78. The van der Waals surface area contributed by atoms with E-state index in [2.05, 4.69) is 22.3 Å². The van der Waals surface area contributed by atoms with Gasteiger partial charge in [-0.1, -0.05) is 17.5 Å². The van der Waals surface area contributed by atoms with Gasteiger partial charge in [-0.15, -0.1) is 6.42 Å². The highest BCUT2D eigenvalue weighted by Crippen LogP contribution is 2.34. The van der Waals surface area contributed by atoms with E-state index in [-0.39, 0.29) is 17.3 Å². The summed E-state index contributed by atoms with van der Waals surface area (Å²) in [7, 11) is 0. The summed E-state index contributed by atoms with van der Waals surface area (Å²) in [6, 6.07) is 11.3. The highest BCUT2D eigenvalue weighted by atomic mass is 35.5. The van der Waals surface area contributed by atoms with Crippen LogP contribution in [0.2, 0.25) is 5.02 Å². The number of fused-ring (bicyclic) bond motifs is 1. The molecule has 0 atom stereocenters. The Hall–Kier alpha value is -3.81. The fraction of sp³-hybridized carbons (Fsp3) is 0.0526. The maximum Gasteiger partial charge on any atom is 0.271 e. The standard InChI is InChI=1S/C19H11ClN4O3/c1-2-7-27-14-4-5-15-18(9-14)22-11-12(10-21)19(15)23-17-6-3-13(24(25)26)8-16(17)20/h1,3-6,8-9,11H,7H2,(H,22,23). The van der Waals surface area contributed by atoms with Crippen molar-refractivity contribution in [3.8, 4) is 24.2 Å². The fourth-order valence-electron chi connectivity index (χ4n) is 2.46. The monoisotopic (exact) mass is 378 g/mol. The lowest BCUT2D eigenvalue weighted by atomic mass is 10.1. The minimum atomic E-state index is -0.532. The van der Waals surface area contributed by atoms with Gasteiger partial charge in [-0.3, -0.25) is 15.1 Å². The van der Waals surface area contributed by atoms with Gasteiger partial charge >= 0.3 is 0 Å². The number of rotatable bonds is 5. The Balaban J connectivity index is 2.06. The number of anilines is 2. The first-order valence-corrected chi connectivity index (χ1v) is 8.01. The molecule has 1 N–H and O–H groups in total. The summed E-state index contributed by atoms with van der Waals surface area (Å²) in [5.74, 6) is 2.94. The number of pyridine rings is 1. The van der Waals surface area contributed by atoms with Crippen molar-refractivity contribution in [2.24, 2.45) is 0 Å². The molecule has 0 amide bonds. The Morgan fingerprint density at radius 1 is 1.33 bits per heavy atom. The molecule has 0 spiro atoms. The van der Waals surface area contributed by atoms with Gasteiger partial charge in [-0.25, -0.2) is 0 Å². The Kier molecular flexibility index (Phi) is 5.07. The van der Waals surface area contributed by atoms with Gasteiger partial charge < -0.3 is 10.1 Å². The fourth-order valence-corrected chi connectivity index (χ4v) is 2.68. The Morgan fingerprint density at radius 2 is 2.15 bits per heavy atom. The number of non-ortho nitro benzene ring substituents is 1. The number of nitro benzene ring substituents is 1. The molecule has 0 aliphatic carbocycles. The van der Waals surface area contributed by atoms with Crippen LogP contribution in [0.25, 0.3) is 10.9 Å². The molecular weight excluding hydrogens is 368 g/mol. The highest BCUT2D eigenvalue weighted by Gasteiger charge is 2.14. The van der Waals surface area contributed by atoms with E-state index in [1.165, 1.54) is 24.4 Å². The van der Waals surface area contributed by atoms with Crippen LogP contribution in [0.3, 0.4) is 0 Å². The summed E-state index contributed by atoms with van der Waals surface area (Å²) in [6.07, 6.45) is 6.61. The SMILES string of the molecule is C#CCOc1ccc2c(Nc3ccc([N+](=O)[O-])cc3Cl)c(C#N)cnc2c1. The van der Waals surface area contributed by atoms with Gasteiger partial charge in [-0.2, -0.15) is 5.26 Å². The smallest absolute Gasteiger partial charge is 0.271 e. The summed E-state index contributed by atoms with van der Waals surface area (Å²) in [5.41, 5.74) is 1.68. The van der Waals surface area contributed by atoms with Crippen molar-refractivity contribution < 1.29 is 9.66 Å². The van der Waals surface area contributed by atoms with E-state index in [9.17, 15) is 15.4 Å². The van der Waals surface area contributed by atoms with E-state index in [1.807, 2.05) is 0 Å². The molecule has 0 aliphatic rings. The molecule has 2 aromatic carbocycles. The number of terminal acetylenes is 1. The van der Waals surface area contributed by atoms with Crippen molar-refractivity contribution in [2.75, 3.05) is 11.9 Å². The second kappa shape index (κ2) is 7.61. The van der Waals surface area contributed by atoms with Crippen molar-refractivity contribution in [1.82, 2.24) is 4.98 Å². The molecule has 0 fully saturated rings. The van der Waals surface area contributed by atoms with Crippen LogP contribution in [0, 0.1) is 33.8 Å². The van der Waals surface area contributed by atoms with Crippen molar-refractivity contribution in [2.45, 2.75) is 0 Å². The zero-order valence-corrected chi connectivity index (χ0v) is 14.5. The van der Waals surface area contributed by atoms with Crippen molar-refractivity contribution in [1.29, 1.82) is 5.26 Å². The first-order chi connectivity index (χ1) is 13.0. The summed E-state index contributed by atoms with van der Waals surface area (Å²) < 4.78 is 5.39. The number of hydrogen-bond donors (Lipinski definition) is 1. The number of nitriles is 1. The molecule has 1 aromatic heterocycles. The maximum absolute atomic E-state index is 10.9. The summed E-state index contributed by atoms with van der Waals surface area (Å²) in [4.78, 5) is 14.6. The molecule has 7 nitrogen and oxygen atoms in total. The van der Waals surface area contributed by atoms with Crippen LogP contribution in [0.1, 0.15) is 5.56 Å². The van der Waals surface area contributed by atoms with Crippen molar-refractivity contribution >= 4 is 39.6 Å². The van der Waals surface area contributed by atoms with Gasteiger partial charge in [0.25, 0.3) is 5.69 Å². The van der Waals surface area contributed by atoms with Gasteiger partial charge in [0.2, 0.25) is 0 Å². The molecule has 1 heterocycles. The van der Waals surface area contributed by atoms with Crippen LogP contribution in [0.15, 0.2) is 42.6 Å². The molecular formula is C19H11ClN4O3. The number of ether oxygens (including phenoxy) is 1. The molecule has 0 bridgehead atoms. The van der Waals surface area contributed by atoms with Crippen LogP contribution in [0.4, 0.5) is 17.1 Å². The van der Waals surface area contributed by atoms with E-state index in [0.717, 1.165) is 0 Å². The summed E-state index contributed by atoms with van der Waals surface area (Å²) in [6.45, 7) is 0.130. The van der Waals surface area contributed by atoms with Crippen molar-refractivity contribution in [3.05, 3.63) is 63.3 Å². The average molecular weight is 379 g/mol. The first-order valence-electron chi connectivity index (χ1n) is 7.63. The molecule has 0 aliphatic heterocycles. The van der Waals surface area contributed by atoms with Gasteiger partial charge in [0.05, 0.1) is 32.4 Å². The Labute approximate surface area is 159 Å². The third-order valence-corrected chi connectivity index (χ3v) is 4.02. The number of nitrogens with zero attached hydrogens (tertiary/aromatic N) is 3. The van der Waals surface area contributed by atoms with Crippen molar-refractivity contribution in [3.63, 3.8) is 0 Å². The number of nitro groups is 1. The largest absolute Gasteiger partial charge is 0.481 e. The van der Waals surface area contributed by atoms with Crippen LogP contribution in [0.5, 0.6) is 5.75 Å². The lowest BCUT2D eigenvalue weighted by Gasteiger charge is -2.13. The quantitative estimate of drug-likeness (QED) is 0.400. The molecule has 0 unspecified atom stereocenters. The minimum Gasteiger partial charge on any atom is -0.481 e. The molecule has 132 valence electrons. The third kappa shape index (κ3) is 3.74. The number of hydrogen-bond acceptors (Lipinski definition) is 6. The topological polar surface area (TPSA) is 101 Å². The molecule has 0 saturated carbocycles. The Bertz CT molecular complexity index is 1130. The van der Waals surface area contributed by atoms with E-state index >= 15 is 0 Å². The predicted molar refractivity (Wildman–Crippen MR) is 102 cm³/mol. The average Bonchev–Trinajstić information content (AvgIpc) is 2.67. The van der Waals surface area contributed by atoms with E-state index in [0.29, 0.717) is 33.6 Å². The van der Waals surface area contributed by atoms with E-state index < -0.39 is 4.92 Å². The van der Waals surface area contributed by atoms with Crippen LogP contribution in [-0.4, -0.2) is 16.5 Å². The minimum absolute atomic E-state index is 0.124. The number of benzene rings is 2. The maximum atomic E-state index is 10.9. The summed E-state index contributed by atoms with van der Waals surface area (Å²) >= 11 is 6.15. The van der Waals surface area contributed by atoms with Gasteiger partial charge in [-0.05, 0) is 18.2 Å². The second-order valence-electron chi connectivity index (χ2n) is 5.38. The highest BCUT2D eigenvalue weighted by molar-refractivity contribution is 6.33. The summed E-state index contributed by atoms with van der Waals surface area (Å²) in [5, 5.41) is 24.2. The van der Waals surface area contributed by atoms with Gasteiger partial charge in [0, 0.05) is 29.8 Å². The van der Waals surface area contributed by atoms with E-state index in [4.69, 9.17) is 22.8 Å². The third-order valence-electron chi connectivity index (χ3n) is 3.71. The zero-order chi connectivity index (χ0) is 19.4. The van der Waals surface area contributed by atoms with E-state index in [1.54, 1.807) is 18.2 Å². The predicted octanol–water partition coefficient (Wildman–Crippen LogP) is 4.42. The zero-order valence-electron chi connectivity index (χ0n) is 13.8. The lowest BCUT2D eigenvalue weighted by Crippen LogP contribution is -1.99. The molecule has 0 saturated heterocycles. The van der Waals surface area contributed by atoms with Crippen LogP contribution < -0.4 is 10.1 Å². The number of halogens is 1. The Morgan fingerprint density at radius 3 is 2.81 bits per heavy atom. The first kappa shape index (κ1) is 18.0. The number of nitrogens with one attached hydrogen (secondary N) is 1. The molecule has 3 aromatic rings. The van der Waals surface area contributed by atoms with Crippen LogP contribution >= 0.6 is 11.6 Å². The molecule has 3 rings (SSSR count). The number of aromatic nitrogens is 1. The normalized spacial score (nSPS) is 10.0. The van der Waals surface area contributed by atoms with Crippen LogP contribution in [-0.2, 0) is 0 Å². The molecule has 8 heteroatoms. The molecule has 0 radical (unpaired) electrons. The van der Waals surface area contributed by atoms with Gasteiger partial charge in [0.1, 0.15) is 18.4 Å². The van der Waals surface area contributed by atoms with Gasteiger partial charge in [0.15, 0.2) is 0 Å². The lowest BCUT2D eigenvalue weighted by molar-refractivity contribution is -0.384.